The second kappa shape index (κ2) is 12.2. The smallest absolute Gasteiger partial charge is 0.412 e. The zero-order valence-corrected chi connectivity index (χ0v) is 30.9. The van der Waals surface area contributed by atoms with Crippen LogP contribution in [0.5, 0.6) is 0 Å². The van der Waals surface area contributed by atoms with Crippen molar-refractivity contribution < 1.29 is 28.0 Å². The lowest BCUT2D eigenvalue weighted by atomic mass is 9.87. The van der Waals surface area contributed by atoms with Crippen molar-refractivity contribution in [3.05, 3.63) is 29.2 Å². The molecule has 0 spiro atoms. The average Bonchev–Trinajstić information content (AvgIpc) is 3.22. The Balaban J connectivity index is 1.53. The normalized spacial score (nSPS) is 19.8. The number of carbonyl (C=O) groups is 1. The number of fused-ring (bicyclic) bond motifs is 3. The quantitative estimate of drug-likeness (QED) is 0.119. The third-order valence-electron chi connectivity index (χ3n) is 8.88. The molecule has 2 heterocycles. The van der Waals surface area contributed by atoms with Crippen LogP contribution in [0.25, 0.3) is 22.6 Å². The van der Waals surface area contributed by atoms with Gasteiger partial charge >= 0.3 is 11.9 Å². The van der Waals surface area contributed by atoms with E-state index in [0.717, 1.165) is 37.2 Å². The Hall–Kier alpha value is -2.55. The summed E-state index contributed by atoms with van der Waals surface area (Å²) >= 11 is 0. The molecule has 2 aliphatic rings. The molecule has 12 heteroatoms. The van der Waals surface area contributed by atoms with Crippen molar-refractivity contribution in [2.45, 2.75) is 117 Å². The number of anilines is 1. The molecule has 9 nitrogen and oxygen atoms in total. The summed E-state index contributed by atoms with van der Waals surface area (Å²) in [6.07, 6.45) is 2.47. The van der Waals surface area contributed by atoms with Crippen LogP contribution in [0.15, 0.2) is 12.1 Å². The van der Waals surface area contributed by atoms with Gasteiger partial charge in [0, 0.05) is 52.8 Å². The van der Waals surface area contributed by atoms with E-state index in [-0.39, 0.29) is 6.73 Å². The Labute approximate surface area is 269 Å². The van der Waals surface area contributed by atoms with Gasteiger partial charge in [0.05, 0.1) is 5.69 Å². The Morgan fingerprint density at radius 3 is 2.44 bits per heavy atom. The maximum absolute atomic E-state index is 16.0. The number of nitrogens with zero attached hydrogens (tertiary/aromatic N) is 3. The molecule has 2 aliphatic carbocycles. The van der Waals surface area contributed by atoms with Crippen LogP contribution >= 0.6 is 0 Å². The average molecular weight is 659 g/mol. The monoisotopic (exact) mass is 658 g/mol. The van der Waals surface area contributed by atoms with Gasteiger partial charge in [0.15, 0.2) is 23.8 Å². The number of imidazole rings is 1. The minimum atomic E-state index is -1.31. The second-order valence-electron chi connectivity index (χ2n) is 16.8. The zero-order chi connectivity index (χ0) is 32.9. The van der Waals surface area contributed by atoms with Crippen LogP contribution < -0.4 is 9.88 Å². The van der Waals surface area contributed by atoms with Gasteiger partial charge in [-0.2, -0.15) is 9.67 Å². The number of carbonyl (C=O) groups excluding carboxylic acids is 1. The fourth-order valence-electron chi connectivity index (χ4n) is 6.06. The van der Waals surface area contributed by atoms with Crippen molar-refractivity contribution in [2.75, 3.05) is 18.5 Å². The van der Waals surface area contributed by atoms with E-state index >= 15 is 4.39 Å². The van der Waals surface area contributed by atoms with Crippen LogP contribution in [0, 0.1) is 17.2 Å². The van der Waals surface area contributed by atoms with Gasteiger partial charge in [0.25, 0.3) is 0 Å². The number of nitrogens with one attached hydrogen (secondary N) is 2. The highest BCUT2D eigenvalue weighted by Crippen LogP contribution is 2.60. The van der Waals surface area contributed by atoms with Gasteiger partial charge in [-0.15, -0.1) is 0 Å². The maximum atomic E-state index is 16.0. The zero-order valence-electron chi connectivity index (χ0n) is 28.9. The number of amides is 1. The van der Waals surface area contributed by atoms with Crippen molar-refractivity contribution in [2.24, 2.45) is 11.3 Å². The van der Waals surface area contributed by atoms with E-state index < -0.39 is 33.7 Å². The van der Waals surface area contributed by atoms with E-state index in [1.807, 2.05) is 9.25 Å². The van der Waals surface area contributed by atoms with Gasteiger partial charge in [-0.05, 0) is 63.5 Å². The molecule has 0 aliphatic heterocycles. The molecule has 0 radical (unpaired) electrons. The number of benzene rings is 1. The van der Waals surface area contributed by atoms with Crippen LogP contribution in [0.1, 0.15) is 45.4 Å². The highest BCUT2D eigenvalue weighted by Gasteiger charge is 2.54. The summed E-state index contributed by atoms with van der Waals surface area (Å²) < 4.78 is 37.7. The summed E-state index contributed by atoms with van der Waals surface area (Å²) in [6.45, 7) is 23.7. The van der Waals surface area contributed by atoms with Crippen LogP contribution in [-0.4, -0.2) is 55.8 Å². The first-order valence-electron chi connectivity index (χ1n) is 16.3. The molecule has 0 bridgehead atoms. The number of aromatic nitrogens is 4. The topological polar surface area (TPSA) is 94.3 Å². The van der Waals surface area contributed by atoms with E-state index in [9.17, 15) is 4.79 Å². The molecule has 0 saturated heterocycles. The molecule has 2 aromatic heterocycles. The molecular weight excluding hydrogens is 606 g/mol. The number of halogens is 1. The molecule has 2 atom stereocenters. The first-order valence-corrected chi connectivity index (χ1v) is 23.7. The van der Waals surface area contributed by atoms with Crippen LogP contribution in [-0.2, 0) is 40.5 Å². The summed E-state index contributed by atoms with van der Waals surface area (Å²) in [5.74, 6) is 0.863. The Bertz CT molecular complexity index is 1570. The molecule has 3 aromatic rings. The first kappa shape index (κ1) is 33.8. The second-order valence-corrected chi connectivity index (χ2v) is 28.0. The van der Waals surface area contributed by atoms with Gasteiger partial charge in [-0.25, -0.2) is 18.9 Å². The van der Waals surface area contributed by atoms with Crippen LogP contribution in [0.3, 0.4) is 0 Å². The van der Waals surface area contributed by atoms with Gasteiger partial charge in [-0.3, -0.25) is 5.32 Å². The summed E-state index contributed by atoms with van der Waals surface area (Å²) in [6, 6.07) is 5.18. The van der Waals surface area contributed by atoms with Crippen molar-refractivity contribution >= 4 is 39.0 Å². The third-order valence-corrected chi connectivity index (χ3v) is 12.3. The first-order chi connectivity index (χ1) is 20.8. The summed E-state index contributed by atoms with van der Waals surface area (Å²) in [5, 5.41) is 7.82. The number of ether oxygens (including phenoxy) is 3. The Kier molecular flexibility index (Phi) is 9.19. The predicted molar refractivity (Wildman–Crippen MR) is 181 cm³/mol. The molecule has 1 saturated carbocycles. The number of hydrogen-bond acceptors (Lipinski definition) is 5. The summed E-state index contributed by atoms with van der Waals surface area (Å²) in [4.78, 5) is 16.0. The molecule has 2 N–H and O–H groups in total. The van der Waals surface area contributed by atoms with Gasteiger partial charge in [0.1, 0.15) is 12.3 Å². The molecular formula is C33H53FN5O4Si2+. The van der Waals surface area contributed by atoms with Crippen molar-refractivity contribution in [3.63, 3.8) is 0 Å². The fraction of sp³-hybridized carbons (Fsp3) is 0.667. The summed E-state index contributed by atoms with van der Waals surface area (Å²) in [7, 11) is -2.53. The predicted octanol–water partition coefficient (Wildman–Crippen LogP) is 7.55. The van der Waals surface area contributed by atoms with E-state index in [0.29, 0.717) is 47.2 Å². The molecule has 5 rings (SSSR count). The maximum Gasteiger partial charge on any atom is 0.412 e. The number of aromatic amines is 1. The van der Waals surface area contributed by atoms with Crippen molar-refractivity contribution in [1.29, 1.82) is 0 Å². The molecule has 45 heavy (non-hydrogen) atoms. The van der Waals surface area contributed by atoms with Crippen molar-refractivity contribution in [3.8, 4) is 11.5 Å². The lowest BCUT2D eigenvalue weighted by Crippen LogP contribution is -2.38. The lowest BCUT2D eigenvalue weighted by molar-refractivity contribution is -0.699. The minimum absolute atomic E-state index is 0.186. The van der Waals surface area contributed by atoms with E-state index in [4.69, 9.17) is 19.3 Å². The Morgan fingerprint density at radius 1 is 1.13 bits per heavy atom. The fourth-order valence-corrected chi connectivity index (χ4v) is 7.57. The number of H-pyrrole nitrogens is 1. The highest BCUT2D eigenvalue weighted by molar-refractivity contribution is 6.76. The molecule has 1 aromatic carbocycles. The largest absolute Gasteiger partial charge is 0.444 e. The standard InChI is InChI=1S/C33H52FN5O4Si2/c1-32(2,3)43-31(40)35-23-16-25(34)29-26(17-23)36-30(38(29)20-41-11-13-44(5,6)7)28-24-15-22-18-33(22,4)19-27(24)39(37-28)21-42-12-14-45(8,9)10/h16-17,22H,11-15,18-21H2,1-10H3,(H,35,40)/p+1/t22-,33-/m1/s1. The Morgan fingerprint density at radius 2 is 1.80 bits per heavy atom. The molecule has 1 amide bonds. The molecule has 0 unspecified atom stereocenters. The van der Waals surface area contributed by atoms with E-state index in [1.54, 1.807) is 26.8 Å². The third kappa shape index (κ3) is 8.25. The van der Waals surface area contributed by atoms with Gasteiger partial charge in [0.2, 0.25) is 5.52 Å². The molecule has 248 valence electrons. The number of rotatable bonds is 12. The van der Waals surface area contributed by atoms with E-state index in [1.165, 1.54) is 23.7 Å². The van der Waals surface area contributed by atoms with Crippen LogP contribution in [0.2, 0.25) is 51.4 Å². The highest BCUT2D eigenvalue weighted by atomic mass is 28.3. The number of hydrogen-bond donors (Lipinski definition) is 2. The van der Waals surface area contributed by atoms with Gasteiger partial charge in [-0.1, -0.05) is 46.2 Å². The summed E-state index contributed by atoms with van der Waals surface area (Å²) in [5.41, 5.74) is 4.12. The van der Waals surface area contributed by atoms with E-state index in [2.05, 4.69) is 56.5 Å². The van der Waals surface area contributed by atoms with Crippen LogP contribution in [0.4, 0.5) is 14.9 Å². The lowest BCUT2D eigenvalue weighted by Gasteiger charge is -2.20. The van der Waals surface area contributed by atoms with Gasteiger partial charge < -0.3 is 14.2 Å². The SMILES string of the molecule is CC(C)(C)OC(=O)Nc1cc(F)c2c(c1)[nH]c(-c1nn(COCC[Si](C)(C)C)c3c1C[C@@H]1C[C@]1(C)C3)[n+]2COCC[Si](C)(C)C. The molecule has 1 fully saturated rings. The minimum Gasteiger partial charge on any atom is -0.444 e. The van der Waals surface area contributed by atoms with Crippen molar-refractivity contribution in [1.82, 2.24) is 14.8 Å².